The summed E-state index contributed by atoms with van der Waals surface area (Å²) >= 11 is 11.2. The highest BCUT2D eigenvalue weighted by Gasteiger charge is 2.19. The minimum Gasteiger partial charge on any atom is -0.362 e. The van der Waals surface area contributed by atoms with Gasteiger partial charge in [0.05, 0.1) is 15.6 Å². The van der Waals surface area contributed by atoms with Crippen molar-refractivity contribution in [1.29, 1.82) is 0 Å². The first kappa shape index (κ1) is 18.6. The average Bonchev–Trinajstić information content (AvgIpc) is 2.37. The molecule has 1 aromatic rings. The minimum absolute atomic E-state index is 0.0295. The summed E-state index contributed by atoms with van der Waals surface area (Å²) in [6, 6.07) is 4.19. The molecule has 1 aromatic carbocycles. The van der Waals surface area contributed by atoms with Crippen LogP contribution in [-0.2, 0) is 0 Å². The SMILES string of the molecule is CN(C)CC(C)(C)CNC(=S)Nc1cc([N+](=O)[O-])ccc1Cl. The molecule has 8 heteroatoms. The van der Waals surface area contributed by atoms with Crippen LogP contribution in [-0.4, -0.2) is 42.1 Å². The molecule has 0 amide bonds. The number of thiocarbonyl (C=S) groups is 1. The summed E-state index contributed by atoms with van der Waals surface area (Å²) in [5.74, 6) is 0. The van der Waals surface area contributed by atoms with Crippen LogP contribution in [0.5, 0.6) is 0 Å². The molecule has 0 heterocycles. The molecular formula is C14H21ClN4O2S. The van der Waals surface area contributed by atoms with Crippen molar-refractivity contribution >= 4 is 40.3 Å². The Kier molecular flexibility index (Phi) is 6.52. The monoisotopic (exact) mass is 344 g/mol. The van der Waals surface area contributed by atoms with Gasteiger partial charge in [-0.3, -0.25) is 10.1 Å². The number of hydrogen-bond donors (Lipinski definition) is 2. The minimum atomic E-state index is -0.474. The Morgan fingerprint density at radius 2 is 2.09 bits per heavy atom. The van der Waals surface area contributed by atoms with Crippen LogP contribution in [0.15, 0.2) is 18.2 Å². The highest BCUT2D eigenvalue weighted by molar-refractivity contribution is 7.80. The normalized spacial score (nSPS) is 11.4. The van der Waals surface area contributed by atoms with Crippen LogP contribution in [0.3, 0.4) is 0 Å². The van der Waals surface area contributed by atoms with Crippen molar-refractivity contribution in [2.45, 2.75) is 13.8 Å². The number of rotatable bonds is 6. The van der Waals surface area contributed by atoms with Crippen LogP contribution in [0, 0.1) is 15.5 Å². The lowest BCUT2D eigenvalue weighted by Gasteiger charge is -2.29. The summed E-state index contributed by atoms with van der Waals surface area (Å²) in [6.45, 7) is 5.83. The van der Waals surface area contributed by atoms with Gasteiger partial charge in [-0.2, -0.15) is 0 Å². The number of benzene rings is 1. The van der Waals surface area contributed by atoms with Gasteiger partial charge in [0.1, 0.15) is 0 Å². The number of nitro groups is 1. The van der Waals surface area contributed by atoms with Crippen LogP contribution in [0.4, 0.5) is 11.4 Å². The largest absolute Gasteiger partial charge is 0.362 e. The van der Waals surface area contributed by atoms with Crippen molar-refractivity contribution in [2.75, 3.05) is 32.5 Å². The first-order chi connectivity index (χ1) is 10.1. The van der Waals surface area contributed by atoms with E-state index >= 15 is 0 Å². The third kappa shape index (κ3) is 6.13. The van der Waals surface area contributed by atoms with E-state index in [9.17, 15) is 10.1 Å². The van der Waals surface area contributed by atoms with Crippen molar-refractivity contribution in [3.05, 3.63) is 33.3 Å². The smallest absolute Gasteiger partial charge is 0.271 e. The van der Waals surface area contributed by atoms with E-state index in [1.165, 1.54) is 18.2 Å². The van der Waals surface area contributed by atoms with Crippen molar-refractivity contribution in [3.8, 4) is 0 Å². The standard InChI is InChI=1S/C14H21ClN4O2S/c1-14(2,9-18(3)4)8-16-13(22)17-12-7-10(19(20)21)5-6-11(12)15/h5-7H,8-9H2,1-4H3,(H2,16,17,22). The number of nitrogens with zero attached hydrogens (tertiary/aromatic N) is 2. The molecular weight excluding hydrogens is 324 g/mol. The zero-order valence-electron chi connectivity index (χ0n) is 13.1. The number of non-ortho nitro benzene ring substituents is 1. The second kappa shape index (κ2) is 7.71. The molecule has 0 spiro atoms. The van der Waals surface area contributed by atoms with Crippen molar-refractivity contribution in [3.63, 3.8) is 0 Å². The van der Waals surface area contributed by atoms with Crippen LogP contribution in [0.2, 0.25) is 5.02 Å². The number of halogens is 1. The van der Waals surface area contributed by atoms with Crippen LogP contribution in [0.25, 0.3) is 0 Å². The molecule has 0 unspecified atom stereocenters. The Labute approximate surface area is 141 Å². The van der Waals surface area contributed by atoms with E-state index in [0.29, 0.717) is 22.4 Å². The Bertz CT molecular complexity index is 564. The predicted octanol–water partition coefficient (Wildman–Crippen LogP) is 3.12. The fourth-order valence-corrected chi connectivity index (χ4v) is 2.47. The molecule has 0 saturated carbocycles. The number of anilines is 1. The summed E-state index contributed by atoms with van der Waals surface area (Å²) in [7, 11) is 4.03. The Morgan fingerprint density at radius 1 is 1.45 bits per heavy atom. The van der Waals surface area contributed by atoms with Crippen molar-refractivity contribution in [2.24, 2.45) is 5.41 Å². The second-order valence-electron chi connectivity index (χ2n) is 6.13. The van der Waals surface area contributed by atoms with E-state index in [1.807, 2.05) is 14.1 Å². The van der Waals surface area contributed by atoms with Crippen LogP contribution >= 0.6 is 23.8 Å². The van der Waals surface area contributed by atoms with Gasteiger partial charge in [0.2, 0.25) is 0 Å². The van der Waals surface area contributed by atoms with Gasteiger partial charge in [-0.1, -0.05) is 25.4 Å². The number of nitrogens with one attached hydrogen (secondary N) is 2. The highest BCUT2D eigenvalue weighted by atomic mass is 35.5. The van der Waals surface area contributed by atoms with Gasteiger partial charge in [0, 0.05) is 25.2 Å². The Morgan fingerprint density at radius 3 is 2.64 bits per heavy atom. The molecule has 0 aliphatic rings. The average molecular weight is 345 g/mol. The molecule has 0 fully saturated rings. The molecule has 6 nitrogen and oxygen atoms in total. The Hall–Kier alpha value is -1.44. The zero-order valence-corrected chi connectivity index (χ0v) is 14.7. The summed E-state index contributed by atoms with van der Waals surface area (Å²) in [5, 5.41) is 17.6. The van der Waals surface area contributed by atoms with E-state index in [-0.39, 0.29) is 11.1 Å². The summed E-state index contributed by atoms with van der Waals surface area (Å²) in [6.07, 6.45) is 0. The lowest BCUT2D eigenvalue weighted by Crippen LogP contribution is -2.41. The third-order valence-corrected chi connectivity index (χ3v) is 3.46. The van der Waals surface area contributed by atoms with E-state index in [1.54, 1.807) is 0 Å². The quantitative estimate of drug-likeness (QED) is 0.469. The molecule has 0 radical (unpaired) electrons. The number of hydrogen-bond acceptors (Lipinski definition) is 4. The van der Waals surface area contributed by atoms with Crippen LogP contribution < -0.4 is 10.6 Å². The van der Waals surface area contributed by atoms with Gasteiger partial charge in [-0.15, -0.1) is 0 Å². The van der Waals surface area contributed by atoms with E-state index in [0.717, 1.165) is 6.54 Å². The molecule has 0 aliphatic carbocycles. The summed E-state index contributed by atoms with van der Waals surface area (Å²) in [4.78, 5) is 12.4. The highest BCUT2D eigenvalue weighted by Crippen LogP contribution is 2.26. The van der Waals surface area contributed by atoms with Gasteiger partial charge < -0.3 is 15.5 Å². The molecule has 1 rings (SSSR count). The molecule has 0 atom stereocenters. The third-order valence-electron chi connectivity index (χ3n) is 2.88. The summed E-state index contributed by atoms with van der Waals surface area (Å²) in [5.41, 5.74) is 0.406. The van der Waals surface area contributed by atoms with Gasteiger partial charge in [-0.25, -0.2) is 0 Å². The lowest BCUT2D eigenvalue weighted by molar-refractivity contribution is -0.384. The van der Waals surface area contributed by atoms with Crippen LogP contribution in [0.1, 0.15) is 13.8 Å². The molecule has 22 heavy (non-hydrogen) atoms. The van der Waals surface area contributed by atoms with E-state index in [4.69, 9.17) is 23.8 Å². The maximum Gasteiger partial charge on any atom is 0.271 e. The van der Waals surface area contributed by atoms with Gasteiger partial charge in [0.25, 0.3) is 5.69 Å². The maximum atomic E-state index is 10.8. The van der Waals surface area contributed by atoms with E-state index < -0.39 is 4.92 Å². The summed E-state index contributed by atoms with van der Waals surface area (Å²) < 4.78 is 0. The van der Waals surface area contributed by atoms with Gasteiger partial charge in [0.15, 0.2) is 5.11 Å². The molecule has 0 bridgehead atoms. The zero-order chi connectivity index (χ0) is 16.9. The van der Waals surface area contributed by atoms with Gasteiger partial charge in [-0.05, 0) is 37.8 Å². The van der Waals surface area contributed by atoms with Gasteiger partial charge >= 0.3 is 0 Å². The first-order valence-corrected chi connectivity index (χ1v) is 7.53. The first-order valence-electron chi connectivity index (χ1n) is 6.74. The molecule has 0 aromatic heterocycles. The van der Waals surface area contributed by atoms with Crippen molar-refractivity contribution < 1.29 is 4.92 Å². The molecule has 122 valence electrons. The second-order valence-corrected chi connectivity index (χ2v) is 6.95. The predicted molar refractivity (Wildman–Crippen MR) is 94.7 cm³/mol. The van der Waals surface area contributed by atoms with E-state index in [2.05, 4.69) is 29.4 Å². The molecule has 0 saturated heterocycles. The van der Waals surface area contributed by atoms with Crippen molar-refractivity contribution in [1.82, 2.24) is 10.2 Å². The fourth-order valence-electron chi connectivity index (χ4n) is 2.12. The topological polar surface area (TPSA) is 70.4 Å². The fraction of sp³-hybridized carbons (Fsp3) is 0.500. The molecule has 2 N–H and O–H groups in total. The lowest BCUT2D eigenvalue weighted by atomic mass is 9.93. The molecule has 0 aliphatic heterocycles. The number of nitro benzene ring substituents is 1. The Balaban J connectivity index is 2.66. The maximum absolute atomic E-state index is 10.8.